The molecule has 226 valence electrons. The van der Waals surface area contributed by atoms with E-state index in [4.69, 9.17) is 18.9 Å². The Kier molecular flexibility index (Phi) is 9.38. The molecule has 0 unspecified atom stereocenters. The molecule has 2 aromatic rings. The van der Waals surface area contributed by atoms with Gasteiger partial charge >= 0.3 is 12.4 Å². The minimum absolute atomic E-state index is 0.0381. The van der Waals surface area contributed by atoms with Crippen LogP contribution in [0.15, 0.2) is 23.3 Å². The number of ether oxygens (including phenoxy) is 4. The number of piperazine rings is 1. The molecule has 2 aliphatic rings. The van der Waals surface area contributed by atoms with Crippen LogP contribution in [0.25, 0.3) is 0 Å². The molecular weight excluding hydrogens is 568 g/mol. The van der Waals surface area contributed by atoms with Crippen LogP contribution in [0.1, 0.15) is 23.1 Å². The normalized spacial score (nSPS) is 18.4. The fraction of sp³-hybridized carbons (Fsp3) is 0.583. The topological polar surface area (TPSA) is 119 Å². The van der Waals surface area contributed by atoms with E-state index < -0.39 is 40.9 Å². The Bertz CT molecular complexity index is 1270. The summed E-state index contributed by atoms with van der Waals surface area (Å²) in [6.45, 7) is 0.554. The third kappa shape index (κ3) is 7.45. The van der Waals surface area contributed by atoms with E-state index in [0.29, 0.717) is 24.5 Å². The number of aromatic amines is 1. The molecule has 0 aromatic carbocycles. The average molecular weight is 595 g/mol. The van der Waals surface area contributed by atoms with Crippen LogP contribution >= 0.6 is 0 Å². The lowest BCUT2D eigenvalue weighted by Crippen LogP contribution is -2.56. The van der Waals surface area contributed by atoms with Crippen molar-refractivity contribution in [3.63, 3.8) is 0 Å². The van der Waals surface area contributed by atoms with Gasteiger partial charge in [0.25, 0.3) is 5.56 Å². The number of nitrogens with one attached hydrogen (secondary N) is 1. The molecular formula is C24H27F6N5O6. The molecule has 0 spiro atoms. The Morgan fingerprint density at radius 1 is 1.17 bits per heavy atom. The maximum atomic E-state index is 13.3. The van der Waals surface area contributed by atoms with E-state index in [9.17, 15) is 35.9 Å². The van der Waals surface area contributed by atoms with E-state index in [2.05, 4.69) is 10.1 Å². The highest BCUT2D eigenvalue weighted by molar-refractivity contribution is 5.76. The van der Waals surface area contributed by atoms with E-state index in [1.165, 1.54) is 7.11 Å². The molecule has 0 saturated carbocycles. The quantitative estimate of drug-likeness (QED) is 0.344. The number of nitrogens with zero attached hydrogens (tertiary/aromatic N) is 4. The second kappa shape index (κ2) is 12.6. The van der Waals surface area contributed by atoms with Gasteiger partial charge in [-0.05, 0) is 6.07 Å². The van der Waals surface area contributed by atoms with Gasteiger partial charge in [-0.15, -0.1) is 0 Å². The number of carbonyl (C=O) groups excluding carboxylic acids is 1. The van der Waals surface area contributed by atoms with Gasteiger partial charge in [0, 0.05) is 38.5 Å². The second-order valence-corrected chi connectivity index (χ2v) is 9.36. The number of alkyl halides is 6. The molecule has 1 amide bonds. The number of rotatable bonds is 9. The lowest BCUT2D eigenvalue weighted by molar-refractivity contribution is -0.141. The Morgan fingerprint density at radius 2 is 1.95 bits per heavy atom. The number of hydrogen-bond acceptors (Lipinski definition) is 9. The van der Waals surface area contributed by atoms with Gasteiger partial charge < -0.3 is 28.7 Å². The van der Waals surface area contributed by atoms with Crippen LogP contribution in [-0.2, 0) is 38.0 Å². The monoisotopic (exact) mass is 595 g/mol. The third-order valence-electron chi connectivity index (χ3n) is 6.46. The predicted molar refractivity (Wildman–Crippen MR) is 128 cm³/mol. The van der Waals surface area contributed by atoms with Gasteiger partial charge in [-0.1, -0.05) is 0 Å². The zero-order valence-electron chi connectivity index (χ0n) is 21.8. The predicted octanol–water partition coefficient (Wildman–Crippen LogP) is 2.25. The fourth-order valence-corrected chi connectivity index (χ4v) is 4.58. The van der Waals surface area contributed by atoms with Gasteiger partial charge in [-0.25, -0.2) is 10.1 Å². The molecule has 11 nitrogen and oxygen atoms in total. The molecule has 0 radical (unpaired) electrons. The minimum Gasteiger partial charge on any atom is -0.483 e. The third-order valence-corrected chi connectivity index (χ3v) is 6.46. The number of methoxy groups -OCH3 is 1. The summed E-state index contributed by atoms with van der Waals surface area (Å²) >= 11 is 0. The van der Waals surface area contributed by atoms with Crippen LogP contribution in [0, 0.1) is 0 Å². The number of H-pyrrole nitrogens is 1. The van der Waals surface area contributed by atoms with Gasteiger partial charge in [0.2, 0.25) is 5.91 Å². The summed E-state index contributed by atoms with van der Waals surface area (Å²) in [5.41, 5.74) is -3.53. The summed E-state index contributed by atoms with van der Waals surface area (Å²) < 4.78 is 100. The standard InChI is InChI=1S/C24H27F6N5O6/c1-38-12-17(41-18-8-32-33-22(37)20(18)24(28,29)30)13-39-5-2-19(36)34-3-4-35-16(9-34)11-40-10-14-6-15(23(25,26)27)7-31-21(14)35/h6-8,16-17H,2-5,9-13H2,1H3,(H,33,37)/t16-,17+/m1/s1. The first-order valence-corrected chi connectivity index (χ1v) is 12.4. The van der Waals surface area contributed by atoms with E-state index >= 15 is 0 Å². The van der Waals surface area contributed by atoms with Crippen LogP contribution in [-0.4, -0.2) is 91.3 Å². The smallest absolute Gasteiger partial charge is 0.425 e. The number of anilines is 1. The summed E-state index contributed by atoms with van der Waals surface area (Å²) in [5, 5.41) is 5.06. The Morgan fingerprint density at radius 3 is 2.66 bits per heavy atom. The molecule has 4 heterocycles. The number of aromatic nitrogens is 3. The van der Waals surface area contributed by atoms with Crippen LogP contribution in [0.5, 0.6) is 5.75 Å². The Labute approximate surface area is 229 Å². The summed E-state index contributed by atoms with van der Waals surface area (Å²) in [5.74, 6) is -0.640. The molecule has 2 aliphatic heterocycles. The Balaban J connectivity index is 1.30. The summed E-state index contributed by atoms with van der Waals surface area (Å²) in [4.78, 5) is 32.0. The second-order valence-electron chi connectivity index (χ2n) is 9.36. The van der Waals surface area contributed by atoms with Crippen molar-refractivity contribution in [1.29, 1.82) is 0 Å². The van der Waals surface area contributed by atoms with E-state index in [1.807, 2.05) is 4.90 Å². The molecule has 0 aliphatic carbocycles. The fourth-order valence-electron chi connectivity index (χ4n) is 4.58. The zero-order valence-corrected chi connectivity index (χ0v) is 21.8. The average Bonchev–Trinajstić information content (AvgIpc) is 3.08. The molecule has 4 rings (SSSR count). The first-order chi connectivity index (χ1) is 19.4. The van der Waals surface area contributed by atoms with Crippen LogP contribution in [0.3, 0.4) is 0 Å². The lowest BCUT2D eigenvalue weighted by Gasteiger charge is -2.41. The van der Waals surface area contributed by atoms with Crippen molar-refractivity contribution in [3.8, 4) is 5.75 Å². The molecule has 2 aromatic heterocycles. The van der Waals surface area contributed by atoms with Crippen molar-refractivity contribution < 1.29 is 50.1 Å². The Hall–Kier alpha value is -3.44. The molecule has 0 bridgehead atoms. The van der Waals surface area contributed by atoms with Gasteiger partial charge in [0.1, 0.15) is 11.9 Å². The minimum atomic E-state index is -4.98. The van der Waals surface area contributed by atoms with Gasteiger partial charge in [-0.3, -0.25) is 9.59 Å². The van der Waals surface area contributed by atoms with Gasteiger partial charge in [0.05, 0.1) is 57.3 Å². The maximum absolute atomic E-state index is 13.3. The van der Waals surface area contributed by atoms with E-state index in [1.54, 1.807) is 10.00 Å². The zero-order chi connectivity index (χ0) is 29.8. The van der Waals surface area contributed by atoms with Crippen molar-refractivity contribution in [2.75, 3.05) is 58.1 Å². The highest BCUT2D eigenvalue weighted by atomic mass is 19.4. The first kappa shape index (κ1) is 30.5. The largest absolute Gasteiger partial charge is 0.483 e. The number of amides is 1. The number of fused-ring (bicyclic) bond motifs is 3. The van der Waals surface area contributed by atoms with E-state index in [-0.39, 0.29) is 57.9 Å². The highest BCUT2D eigenvalue weighted by Gasteiger charge is 2.39. The molecule has 1 fully saturated rings. The molecule has 17 heteroatoms. The van der Waals surface area contributed by atoms with Crippen LogP contribution in [0.2, 0.25) is 0 Å². The van der Waals surface area contributed by atoms with Crippen molar-refractivity contribution >= 4 is 11.7 Å². The number of halogens is 6. The van der Waals surface area contributed by atoms with Crippen molar-refractivity contribution in [2.45, 2.75) is 37.5 Å². The van der Waals surface area contributed by atoms with Crippen LogP contribution in [0.4, 0.5) is 32.2 Å². The summed E-state index contributed by atoms with van der Waals surface area (Å²) in [7, 11) is 1.31. The molecule has 41 heavy (non-hydrogen) atoms. The molecule has 2 atom stereocenters. The number of pyridine rings is 1. The first-order valence-electron chi connectivity index (χ1n) is 12.4. The molecule has 1 N–H and O–H groups in total. The highest BCUT2D eigenvalue weighted by Crippen LogP contribution is 2.35. The summed E-state index contributed by atoms with van der Waals surface area (Å²) in [6, 6.07) is 0.709. The van der Waals surface area contributed by atoms with Crippen LogP contribution < -0.4 is 15.2 Å². The number of hydrogen-bond donors (Lipinski definition) is 1. The lowest BCUT2D eigenvalue weighted by atomic mass is 10.1. The molecule has 1 saturated heterocycles. The summed E-state index contributed by atoms with van der Waals surface area (Å²) in [6.07, 6.45) is -9.06. The van der Waals surface area contributed by atoms with Crippen molar-refractivity contribution in [3.05, 3.63) is 45.5 Å². The van der Waals surface area contributed by atoms with Crippen molar-refractivity contribution in [1.82, 2.24) is 20.1 Å². The van der Waals surface area contributed by atoms with E-state index in [0.717, 1.165) is 18.5 Å². The van der Waals surface area contributed by atoms with Crippen molar-refractivity contribution in [2.24, 2.45) is 0 Å². The number of carbonyl (C=O) groups is 1. The van der Waals surface area contributed by atoms with Gasteiger partial charge in [-0.2, -0.15) is 31.4 Å². The van der Waals surface area contributed by atoms with Gasteiger partial charge in [0.15, 0.2) is 11.3 Å². The maximum Gasteiger partial charge on any atom is 0.425 e. The SMILES string of the molecule is COC[C@@H](COCCC(=O)N1CCN2c3ncc(C(F)(F)F)cc3COC[C@H]2C1)Oc1cn[nH]c(=O)c1C(F)(F)F.